The molecule has 0 bridgehead atoms. The molecule has 2 aliphatic heterocycles. The van der Waals surface area contributed by atoms with Crippen LogP contribution in [0.2, 0.25) is 0 Å². The lowest BCUT2D eigenvalue weighted by Gasteiger charge is -2.40. The van der Waals surface area contributed by atoms with E-state index in [1.807, 2.05) is 4.90 Å². The van der Waals surface area contributed by atoms with Crippen molar-refractivity contribution in [2.24, 2.45) is 0 Å². The lowest BCUT2D eigenvalue weighted by atomic mass is 9.77. The van der Waals surface area contributed by atoms with E-state index in [4.69, 9.17) is 4.74 Å². The van der Waals surface area contributed by atoms with Crippen LogP contribution in [0.1, 0.15) is 37.7 Å². The van der Waals surface area contributed by atoms with E-state index in [0.29, 0.717) is 31.7 Å². The number of anilines is 1. The van der Waals surface area contributed by atoms with Crippen molar-refractivity contribution in [3.8, 4) is 0 Å². The molecule has 0 radical (unpaired) electrons. The molecule has 1 atom stereocenters. The van der Waals surface area contributed by atoms with Crippen molar-refractivity contribution in [2.75, 3.05) is 31.1 Å². The van der Waals surface area contributed by atoms with E-state index in [2.05, 4.69) is 0 Å². The number of halogens is 2. The van der Waals surface area contributed by atoms with Gasteiger partial charge in [0.2, 0.25) is 5.91 Å². The number of hydrogen-bond donors (Lipinski definition) is 0. The largest absolute Gasteiger partial charge is 0.361 e. The van der Waals surface area contributed by atoms with E-state index >= 15 is 0 Å². The zero-order valence-electron chi connectivity index (χ0n) is 17.9. The number of carbonyl (C=O) groups excluding carboxylic acids is 2. The molecule has 0 unspecified atom stereocenters. The smallest absolute Gasteiger partial charge is 0.253 e. The van der Waals surface area contributed by atoms with Gasteiger partial charge in [-0.05, 0) is 61.2 Å². The Bertz CT molecular complexity index is 1020. The lowest BCUT2D eigenvalue weighted by Crippen LogP contribution is -2.57. The average Bonchev–Trinajstić information content (AvgIpc) is 3.45. The predicted molar refractivity (Wildman–Crippen MR) is 115 cm³/mol. The van der Waals surface area contributed by atoms with Gasteiger partial charge in [0.15, 0.2) is 0 Å². The molecule has 5 nitrogen and oxygen atoms in total. The number of ether oxygens (including phenoxy) is 1. The van der Waals surface area contributed by atoms with E-state index in [0.717, 1.165) is 31.2 Å². The molecule has 1 aliphatic carbocycles. The highest BCUT2D eigenvalue weighted by Gasteiger charge is 2.51. The van der Waals surface area contributed by atoms with Gasteiger partial charge in [-0.2, -0.15) is 0 Å². The van der Waals surface area contributed by atoms with Crippen molar-refractivity contribution in [3.05, 3.63) is 65.7 Å². The number of amides is 2. The highest BCUT2D eigenvalue weighted by molar-refractivity contribution is 5.95. The topological polar surface area (TPSA) is 49.9 Å². The summed E-state index contributed by atoms with van der Waals surface area (Å²) < 4.78 is 32.8. The molecule has 7 heteroatoms. The lowest BCUT2D eigenvalue weighted by molar-refractivity contribution is -0.141. The van der Waals surface area contributed by atoms with Gasteiger partial charge >= 0.3 is 0 Å². The van der Waals surface area contributed by atoms with Gasteiger partial charge in [0.05, 0.1) is 18.5 Å². The normalized spacial score (nSPS) is 25.0. The Labute approximate surface area is 186 Å². The fraction of sp³-hybridized carbons (Fsp3) is 0.440. The molecular formula is C25H26F2N2O3. The van der Waals surface area contributed by atoms with Crippen molar-refractivity contribution >= 4 is 17.5 Å². The Morgan fingerprint density at radius 3 is 2.16 bits per heavy atom. The van der Waals surface area contributed by atoms with Gasteiger partial charge in [0, 0.05) is 12.2 Å². The summed E-state index contributed by atoms with van der Waals surface area (Å²) in [5, 5.41) is 0. The summed E-state index contributed by atoms with van der Waals surface area (Å²) in [6.45, 7) is 1.21. The highest BCUT2D eigenvalue weighted by Crippen LogP contribution is 2.44. The van der Waals surface area contributed by atoms with Crippen LogP contribution in [-0.4, -0.2) is 48.6 Å². The number of hydrogen-bond acceptors (Lipinski definition) is 3. The fourth-order valence-corrected chi connectivity index (χ4v) is 5.51. The van der Waals surface area contributed by atoms with Gasteiger partial charge < -0.3 is 14.5 Å². The minimum Gasteiger partial charge on any atom is -0.361 e. The van der Waals surface area contributed by atoms with Crippen LogP contribution in [0.25, 0.3) is 0 Å². The van der Waals surface area contributed by atoms with Crippen LogP contribution in [0.5, 0.6) is 0 Å². The summed E-state index contributed by atoms with van der Waals surface area (Å²) in [4.78, 5) is 29.8. The molecule has 3 fully saturated rings. The molecule has 2 heterocycles. The molecule has 5 rings (SSSR count). The van der Waals surface area contributed by atoms with E-state index in [1.165, 1.54) is 24.3 Å². The van der Waals surface area contributed by atoms with Crippen LogP contribution in [0, 0.1) is 11.6 Å². The van der Waals surface area contributed by atoms with Crippen molar-refractivity contribution < 1.29 is 23.1 Å². The van der Waals surface area contributed by atoms with Gasteiger partial charge in [-0.25, -0.2) is 8.78 Å². The molecule has 168 valence electrons. The zero-order valence-corrected chi connectivity index (χ0v) is 17.9. The van der Waals surface area contributed by atoms with Crippen molar-refractivity contribution in [2.45, 2.75) is 43.1 Å². The number of nitrogens with zero attached hydrogens (tertiary/aromatic N) is 2. The number of benzene rings is 2. The van der Waals surface area contributed by atoms with E-state index in [1.54, 1.807) is 29.2 Å². The summed E-state index contributed by atoms with van der Waals surface area (Å²) in [7, 11) is 0. The first-order chi connectivity index (χ1) is 15.4. The monoisotopic (exact) mass is 440 g/mol. The van der Waals surface area contributed by atoms with Crippen LogP contribution in [0.4, 0.5) is 14.5 Å². The third-order valence-electron chi connectivity index (χ3n) is 7.25. The molecular weight excluding hydrogens is 414 g/mol. The Balaban J connectivity index is 1.37. The number of morpholine rings is 1. The summed E-state index contributed by atoms with van der Waals surface area (Å²) in [5.41, 5.74) is 0.235. The fourth-order valence-electron chi connectivity index (χ4n) is 5.51. The molecule has 1 saturated carbocycles. The predicted octanol–water partition coefficient (Wildman–Crippen LogP) is 3.81. The molecule has 1 spiro atoms. The van der Waals surface area contributed by atoms with Gasteiger partial charge in [-0.1, -0.05) is 25.0 Å². The second kappa shape index (κ2) is 7.96. The second-order valence-electron chi connectivity index (χ2n) is 9.20. The first kappa shape index (κ1) is 21.1. The molecule has 32 heavy (non-hydrogen) atoms. The zero-order chi connectivity index (χ0) is 22.3. The van der Waals surface area contributed by atoms with Crippen molar-refractivity contribution in [1.82, 2.24) is 4.90 Å². The number of likely N-dealkylation sites (tertiary alicyclic amines) is 1. The first-order valence-corrected chi connectivity index (χ1v) is 11.2. The maximum atomic E-state index is 13.8. The first-order valence-electron chi connectivity index (χ1n) is 11.2. The maximum absolute atomic E-state index is 13.8. The Kier molecular flexibility index (Phi) is 5.24. The van der Waals surface area contributed by atoms with Crippen molar-refractivity contribution in [3.63, 3.8) is 0 Å². The Morgan fingerprint density at radius 2 is 1.50 bits per heavy atom. The molecule has 0 aromatic heterocycles. The molecule has 2 saturated heterocycles. The minimum atomic E-state index is -0.638. The van der Waals surface area contributed by atoms with Gasteiger partial charge in [-0.15, -0.1) is 0 Å². The third kappa shape index (κ3) is 3.58. The summed E-state index contributed by atoms with van der Waals surface area (Å²) in [6.07, 6.45) is 4.06. The molecule has 2 aromatic rings. The number of rotatable bonds is 3. The van der Waals surface area contributed by atoms with E-state index in [-0.39, 0.29) is 30.1 Å². The molecule has 2 amide bonds. The highest BCUT2D eigenvalue weighted by atomic mass is 19.1. The number of carbonyl (C=O) groups is 2. The minimum absolute atomic E-state index is 0.0623. The van der Waals surface area contributed by atoms with Gasteiger partial charge in [0.25, 0.3) is 5.91 Å². The van der Waals surface area contributed by atoms with Crippen LogP contribution >= 0.6 is 0 Å². The second-order valence-corrected chi connectivity index (χ2v) is 9.20. The van der Waals surface area contributed by atoms with Crippen LogP contribution in [-0.2, 0) is 19.7 Å². The summed E-state index contributed by atoms with van der Waals surface area (Å²) >= 11 is 0. The summed E-state index contributed by atoms with van der Waals surface area (Å²) in [5.74, 6) is -0.780. The third-order valence-corrected chi connectivity index (χ3v) is 7.25. The quantitative estimate of drug-likeness (QED) is 0.729. The Morgan fingerprint density at radius 1 is 0.875 bits per heavy atom. The van der Waals surface area contributed by atoms with Gasteiger partial charge in [0.1, 0.15) is 23.8 Å². The van der Waals surface area contributed by atoms with Crippen LogP contribution in [0.3, 0.4) is 0 Å². The van der Waals surface area contributed by atoms with Crippen molar-refractivity contribution in [1.29, 1.82) is 0 Å². The van der Waals surface area contributed by atoms with E-state index in [9.17, 15) is 18.4 Å². The average molecular weight is 440 g/mol. The van der Waals surface area contributed by atoms with Crippen LogP contribution in [0.15, 0.2) is 48.5 Å². The SMILES string of the molecule is O=C1CO[C@]2(CCN(C(=O)C3(c4ccc(F)cc4)CCCC3)C2)CN1c1ccc(F)cc1. The Hall–Kier alpha value is -2.80. The summed E-state index contributed by atoms with van der Waals surface area (Å²) in [6, 6.07) is 12.2. The van der Waals surface area contributed by atoms with Gasteiger partial charge in [-0.3, -0.25) is 9.59 Å². The molecule has 0 N–H and O–H groups in total. The maximum Gasteiger partial charge on any atom is 0.253 e. The molecule has 2 aromatic carbocycles. The van der Waals surface area contributed by atoms with Crippen LogP contribution < -0.4 is 4.90 Å². The molecule has 3 aliphatic rings. The van der Waals surface area contributed by atoms with E-state index < -0.39 is 11.0 Å². The standard InChI is InChI=1S/C25H26F2N2O3/c26-19-5-3-18(4-6-19)25(11-1-2-12-25)23(31)28-14-13-24(16-28)17-29(22(30)15-32-24)21-9-7-20(27)8-10-21/h3-10H,1-2,11-17H2/t24-/m0/s1.